The molecule has 108 valence electrons. The first-order valence-electron chi connectivity index (χ1n) is 7.01. The van der Waals surface area contributed by atoms with E-state index in [0.29, 0.717) is 19.7 Å². The average molecular weight is 270 g/mol. The van der Waals surface area contributed by atoms with Crippen molar-refractivity contribution in [3.8, 4) is 0 Å². The van der Waals surface area contributed by atoms with Crippen molar-refractivity contribution in [2.45, 2.75) is 32.3 Å². The van der Waals surface area contributed by atoms with E-state index in [1.165, 1.54) is 4.90 Å². The molecule has 0 N–H and O–H groups in total. The molecule has 2 heterocycles. The van der Waals surface area contributed by atoms with Gasteiger partial charge in [0, 0.05) is 19.7 Å². The minimum Gasteiger partial charge on any atom is -0.448 e. The molecule has 6 heteroatoms. The summed E-state index contributed by atoms with van der Waals surface area (Å²) in [5.74, 6) is -0.0105. The number of cyclic esters (lactones) is 1. The Morgan fingerprint density at radius 1 is 1.47 bits per heavy atom. The Morgan fingerprint density at radius 2 is 2.32 bits per heavy atom. The lowest BCUT2D eigenvalue weighted by Gasteiger charge is -2.33. The van der Waals surface area contributed by atoms with Crippen LogP contribution in [-0.4, -0.2) is 67.3 Å². The van der Waals surface area contributed by atoms with Crippen LogP contribution in [0.25, 0.3) is 0 Å². The molecule has 1 atom stereocenters. The van der Waals surface area contributed by atoms with Crippen LogP contribution in [0.4, 0.5) is 4.79 Å². The number of carbonyl (C=O) groups excluding carboxylic acids is 2. The minimum atomic E-state index is -0.385. The Balaban J connectivity index is 1.79. The third-order valence-corrected chi connectivity index (χ3v) is 3.46. The van der Waals surface area contributed by atoms with Crippen molar-refractivity contribution in [3.05, 3.63) is 0 Å². The summed E-state index contributed by atoms with van der Waals surface area (Å²) < 4.78 is 10.5. The second-order valence-electron chi connectivity index (χ2n) is 5.01. The fourth-order valence-corrected chi connectivity index (χ4v) is 2.42. The lowest BCUT2D eigenvalue weighted by atomic mass is 10.1. The molecule has 0 aromatic carbocycles. The summed E-state index contributed by atoms with van der Waals surface area (Å²) in [6.07, 6.45) is 2.72. The van der Waals surface area contributed by atoms with E-state index >= 15 is 0 Å². The maximum atomic E-state index is 12.1. The third kappa shape index (κ3) is 3.83. The number of hydrogen-bond acceptors (Lipinski definition) is 4. The van der Waals surface area contributed by atoms with Crippen LogP contribution in [-0.2, 0) is 14.3 Å². The maximum absolute atomic E-state index is 12.1. The topological polar surface area (TPSA) is 59.1 Å². The summed E-state index contributed by atoms with van der Waals surface area (Å²) in [6.45, 7) is 5.23. The summed E-state index contributed by atoms with van der Waals surface area (Å²) in [5.41, 5.74) is 0. The van der Waals surface area contributed by atoms with E-state index in [0.717, 1.165) is 32.4 Å². The molecule has 2 aliphatic rings. The van der Waals surface area contributed by atoms with Gasteiger partial charge in [-0.05, 0) is 19.3 Å². The van der Waals surface area contributed by atoms with Crippen LogP contribution in [0.15, 0.2) is 0 Å². The molecule has 2 aliphatic heterocycles. The first kappa shape index (κ1) is 14.1. The van der Waals surface area contributed by atoms with Gasteiger partial charge in [0.1, 0.15) is 13.2 Å². The van der Waals surface area contributed by atoms with E-state index in [4.69, 9.17) is 9.47 Å². The Bertz CT molecular complexity index is 335. The van der Waals surface area contributed by atoms with Crippen LogP contribution in [0.5, 0.6) is 0 Å². The molecule has 6 nitrogen and oxygen atoms in total. The molecular weight excluding hydrogens is 248 g/mol. The number of rotatable bonds is 5. The zero-order chi connectivity index (χ0) is 13.7. The van der Waals surface area contributed by atoms with Crippen LogP contribution in [0.3, 0.4) is 0 Å². The second kappa shape index (κ2) is 6.75. The zero-order valence-electron chi connectivity index (χ0n) is 11.5. The number of amides is 2. The number of hydrogen-bond donors (Lipinski definition) is 0. The molecule has 0 saturated carbocycles. The molecule has 2 rings (SSSR count). The van der Waals surface area contributed by atoms with E-state index in [1.54, 1.807) is 4.90 Å². The summed E-state index contributed by atoms with van der Waals surface area (Å²) in [5, 5.41) is 0. The fourth-order valence-electron chi connectivity index (χ4n) is 2.42. The van der Waals surface area contributed by atoms with Crippen LogP contribution in [0.1, 0.15) is 26.2 Å². The third-order valence-electron chi connectivity index (χ3n) is 3.46. The lowest BCUT2D eigenvalue weighted by molar-refractivity contribution is -0.135. The predicted molar refractivity (Wildman–Crippen MR) is 68.8 cm³/mol. The number of piperidine rings is 1. The number of ether oxygens (including phenoxy) is 2. The number of nitrogens with zero attached hydrogens (tertiary/aromatic N) is 2. The summed E-state index contributed by atoms with van der Waals surface area (Å²) >= 11 is 0. The van der Waals surface area contributed by atoms with Gasteiger partial charge >= 0.3 is 6.09 Å². The first-order valence-corrected chi connectivity index (χ1v) is 7.01. The van der Waals surface area contributed by atoms with E-state index < -0.39 is 0 Å². The van der Waals surface area contributed by atoms with Crippen LogP contribution < -0.4 is 0 Å². The fraction of sp³-hybridized carbons (Fsp3) is 0.846. The van der Waals surface area contributed by atoms with Crippen LogP contribution in [0.2, 0.25) is 0 Å². The molecule has 0 aliphatic carbocycles. The highest BCUT2D eigenvalue weighted by molar-refractivity contribution is 5.83. The molecular formula is C13H22N2O4. The molecule has 0 spiro atoms. The SMILES string of the molecule is CCCOC1CCCN(C(=O)CN2CCOC2=O)C1. The molecule has 0 radical (unpaired) electrons. The largest absolute Gasteiger partial charge is 0.448 e. The Kier molecular flexibility index (Phi) is 5.01. The van der Waals surface area contributed by atoms with Crippen molar-refractivity contribution in [3.63, 3.8) is 0 Å². The Labute approximate surface area is 113 Å². The molecule has 0 aromatic rings. The molecule has 0 bridgehead atoms. The number of likely N-dealkylation sites (tertiary alicyclic amines) is 1. The van der Waals surface area contributed by atoms with E-state index in [1.807, 2.05) is 0 Å². The molecule has 19 heavy (non-hydrogen) atoms. The van der Waals surface area contributed by atoms with E-state index in [2.05, 4.69) is 6.92 Å². The van der Waals surface area contributed by atoms with Gasteiger partial charge in [0.25, 0.3) is 0 Å². The highest BCUT2D eigenvalue weighted by Gasteiger charge is 2.29. The molecule has 2 saturated heterocycles. The monoisotopic (exact) mass is 270 g/mol. The first-order chi connectivity index (χ1) is 9.20. The molecule has 1 unspecified atom stereocenters. The highest BCUT2D eigenvalue weighted by Crippen LogP contribution is 2.14. The van der Waals surface area contributed by atoms with E-state index in [9.17, 15) is 9.59 Å². The second-order valence-corrected chi connectivity index (χ2v) is 5.01. The molecule has 0 aromatic heterocycles. The summed E-state index contributed by atoms with van der Waals surface area (Å²) in [6, 6.07) is 0. The van der Waals surface area contributed by atoms with Crippen molar-refractivity contribution in [2.75, 3.05) is 39.4 Å². The van der Waals surface area contributed by atoms with Gasteiger partial charge in [-0.15, -0.1) is 0 Å². The lowest BCUT2D eigenvalue weighted by Crippen LogP contribution is -2.47. The highest BCUT2D eigenvalue weighted by atomic mass is 16.6. The predicted octanol–water partition coefficient (Wildman–Crippen LogP) is 0.856. The van der Waals surface area contributed by atoms with Gasteiger partial charge in [-0.1, -0.05) is 6.92 Å². The van der Waals surface area contributed by atoms with Crippen molar-refractivity contribution in [1.82, 2.24) is 9.80 Å². The standard InChI is InChI=1S/C13H22N2O4/c1-2-7-18-11-4-3-5-14(9-11)12(16)10-15-6-8-19-13(15)17/h11H,2-10H2,1H3. The van der Waals surface area contributed by atoms with E-state index in [-0.39, 0.29) is 24.6 Å². The van der Waals surface area contributed by atoms with Crippen LogP contribution in [0, 0.1) is 0 Å². The minimum absolute atomic E-state index is 0.0105. The van der Waals surface area contributed by atoms with Crippen LogP contribution >= 0.6 is 0 Å². The normalized spacial score (nSPS) is 23.6. The summed E-state index contributed by atoms with van der Waals surface area (Å²) in [4.78, 5) is 26.7. The molecule has 2 fully saturated rings. The van der Waals surface area contributed by atoms with Crippen molar-refractivity contribution < 1.29 is 19.1 Å². The van der Waals surface area contributed by atoms with Crippen molar-refractivity contribution >= 4 is 12.0 Å². The smallest absolute Gasteiger partial charge is 0.410 e. The quantitative estimate of drug-likeness (QED) is 0.743. The van der Waals surface area contributed by atoms with Crippen molar-refractivity contribution in [2.24, 2.45) is 0 Å². The Hall–Kier alpha value is -1.30. The Morgan fingerprint density at radius 3 is 3.00 bits per heavy atom. The summed E-state index contributed by atoms with van der Waals surface area (Å²) in [7, 11) is 0. The van der Waals surface area contributed by atoms with Gasteiger partial charge in [0.2, 0.25) is 5.91 Å². The van der Waals surface area contributed by atoms with Gasteiger partial charge in [0.15, 0.2) is 0 Å². The average Bonchev–Trinajstić information content (AvgIpc) is 2.82. The van der Waals surface area contributed by atoms with Gasteiger partial charge in [-0.2, -0.15) is 0 Å². The maximum Gasteiger partial charge on any atom is 0.410 e. The number of carbonyl (C=O) groups is 2. The zero-order valence-corrected chi connectivity index (χ0v) is 11.5. The molecule has 2 amide bonds. The van der Waals surface area contributed by atoms with Gasteiger partial charge in [0.05, 0.1) is 12.6 Å². The van der Waals surface area contributed by atoms with Crippen molar-refractivity contribution in [1.29, 1.82) is 0 Å². The van der Waals surface area contributed by atoms with Gasteiger partial charge < -0.3 is 14.4 Å². The van der Waals surface area contributed by atoms with Gasteiger partial charge in [-0.3, -0.25) is 9.69 Å². The van der Waals surface area contributed by atoms with Gasteiger partial charge in [-0.25, -0.2) is 4.79 Å².